The summed E-state index contributed by atoms with van der Waals surface area (Å²) in [5.41, 5.74) is 6.01. The molecule has 142 valence electrons. The van der Waals surface area contributed by atoms with Crippen molar-refractivity contribution in [2.75, 3.05) is 18.0 Å². The van der Waals surface area contributed by atoms with Crippen molar-refractivity contribution in [2.45, 2.75) is 52.0 Å². The van der Waals surface area contributed by atoms with E-state index < -0.39 is 0 Å². The Morgan fingerprint density at radius 2 is 1.81 bits per heavy atom. The molecular formula is C24H30N2O. The molecule has 1 aliphatic carbocycles. The molecule has 4 rings (SSSR count). The number of amides is 1. The second kappa shape index (κ2) is 8.16. The average molecular weight is 363 g/mol. The molecule has 1 fully saturated rings. The summed E-state index contributed by atoms with van der Waals surface area (Å²) in [4.78, 5) is 15.0. The third kappa shape index (κ3) is 4.35. The van der Waals surface area contributed by atoms with E-state index in [9.17, 15) is 4.79 Å². The lowest BCUT2D eigenvalue weighted by atomic mass is 9.90. The van der Waals surface area contributed by atoms with Crippen LogP contribution in [0.25, 0.3) is 0 Å². The Balaban J connectivity index is 1.35. The maximum atomic E-state index is 12.5. The monoisotopic (exact) mass is 362 g/mol. The maximum absolute atomic E-state index is 12.5. The fraction of sp³-hybridized carbons (Fsp3) is 0.458. The summed E-state index contributed by atoms with van der Waals surface area (Å²) in [5.74, 6) is 0.798. The van der Waals surface area contributed by atoms with Crippen LogP contribution in [0, 0.1) is 5.92 Å². The maximum Gasteiger partial charge on any atom is 0.251 e. The highest BCUT2D eigenvalue weighted by atomic mass is 16.1. The van der Waals surface area contributed by atoms with Crippen LogP contribution < -0.4 is 10.2 Å². The van der Waals surface area contributed by atoms with Crippen molar-refractivity contribution in [3.8, 4) is 0 Å². The minimum Gasteiger partial charge on any atom is -0.371 e. The van der Waals surface area contributed by atoms with Crippen LogP contribution in [0.5, 0.6) is 0 Å². The number of aryl methyl sites for hydroxylation is 2. The molecule has 1 atom stereocenters. The van der Waals surface area contributed by atoms with Gasteiger partial charge in [0.1, 0.15) is 0 Å². The number of anilines is 1. The van der Waals surface area contributed by atoms with E-state index >= 15 is 0 Å². The van der Waals surface area contributed by atoms with E-state index in [0.29, 0.717) is 6.54 Å². The second-order valence-corrected chi connectivity index (χ2v) is 8.23. The van der Waals surface area contributed by atoms with Crippen LogP contribution in [-0.2, 0) is 19.4 Å². The molecule has 1 N–H and O–H groups in total. The van der Waals surface area contributed by atoms with E-state index in [1.807, 2.05) is 6.07 Å². The molecule has 0 aromatic heterocycles. The number of benzene rings is 2. The highest BCUT2D eigenvalue weighted by Gasteiger charge is 2.16. The van der Waals surface area contributed by atoms with Crippen molar-refractivity contribution in [2.24, 2.45) is 5.92 Å². The zero-order valence-electron chi connectivity index (χ0n) is 16.3. The topological polar surface area (TPSA) is 32.3 Å². The van der Waals surface area contributed by atoms with Crippen LogP contribution in [0.1, 0.15) is 59.7 Å². The molecule has 0 spiro atoms. The third-order valence-corrected chi connectivity index (χ3v) is 6.02. The van der Waals surface area contributed by atoms with Gasteiger partial charge in [-0.25, -0.2) is 0 Å². The number of carbonyl (C=O) groups is 1. The van der Waals surface area contributed by atoms with E-state index in [4.69, 9.17) is 0 Å². The lowest BCUT2D eigenvalue weighted by Crippen LogP contribution is -2.34. The van der Waals surface area contributed by atoms with Gasteiger partial charge in [-0.15, -0.1) is 0 Å². The van der Waals surface area contributed by atoms with Gasteiger partial charge in [-0.05, 0) is 85.4 Å². The second-order valence-electron chi connectivity index (χ2n) is 8.23. The molecule has 1 amide bonds. The largest absolute Gasteiger partial charge is 0.371 e. The van der Waals surface area contributed by atoms with E-state index in [2.05, 4.69) is 53.5 Å². The molecular weight excluding hydrogens is 332 g/mol. The zero-order valence-corrected chi connectivity index (χ0v) is 16.3. The lowest BCUT2D eigenvalue weighted by Gasteiger charge is -2.32. The molecule has 1 unspecified atom stereocenters. The Hall–Kier alpha value is -2.29. The van der Waals surface area contributed by atoms with Gasteiger partial charge in [0.05, 0.1) is 0 Å². The number of hydrogen-bond donors (Lipinski definition) is 1. The van der Waals surface area contributed by atoms with Crippen LogP contribution in [0.15, 0.2) is 42.5 Å². The number of rotatable bonds is 4. The highest BCUT2D eigenvalue weighted by molar-refractivity contribution is 5.94. The Morgan fingerprint density at radius 1 is 1.04 bits per heavy atom. The smallest absolute Gasteiger partial charge is 0.251 e. The molecule has 3 nitrogen and oxygen atoms in total. The number of nitrogens with one attached hydrogen (secondary N) is 1. The van der Waals surface area contributed by atoms with Gasteiger partial charge in [-0.1, -0.05) is 25.1 Å². The summed E-state index contributed by atoms with van der Waals surface area (Å²) in [5, 5.41) is 3.08. The summed E-state index contributed by atoms with van der Waals surface area (Å²) < 4.78 is 0. The van der Waals surface area contributed by atoms with Gasteiger partial charge in [-0.2, -0.15) is 0 Å². The van der Waals surface area contributed by atoms with Crippen LogP contribution >= 0.6 is 0 Å². The minimum atomic E-state index is 0.0253. The van der Waals surface area contributed by atoms with Gasteiger partial charge >= 0.3 is 0 Å². The summed E-state index contributed by atoms with van der Waals surface area (Å²) >= 11 is 0. The number of nitrogens with zero attached hydrogens (tertiary/aromatic N) is 1. The quantitative estimate of drug-likeness (QED) is 0.853. The molecule has 0 saturated carbocycles. The van der Waals surface area contributed by atoms with Gasteiger partial charge in [-0.3, -0.25) is 4.79 Å². The molecule has 0 bridgehead atoms. The standard InChI is InChI=1S/C24H30N2O/c1-18-5-4-14-26(17-18)23-12-8-19(9-13-23)16-25-24(27)22-11-10-20-6-2-3-7-21(20)15-22/h8-13,15,18H,2-7,14,16-17H2,1H3,(H,25,27). The molecule has 3 heteroatoms. The van der Waals surface area contributed by atoms with E-state index in [0.717, 1.165) is 43.0 Å². The lowest BCUT2D eigenvalue weighted by molar-refractivity contribution is 0.0951. The van der Waals surface area contributed by atoms with Crippen LogP contribution in [-0.4, -0.2) is 19.0 Å². The number of fused-ring (bicyclic) bond motifs is 1. The van der Waals surface area contributed by atoms with E-state index in [-0.39, 0.29) is 5.91 Å². The Labute approximate surface area is 162 Å². The average Bonchev–Trinajstić information content (AvgIpc) is 2.72. The van der Waals surface area contributed by atoms with Gasteiger partial charge in [0.15, 0.2) is 0 Å². The van der Waals surface area contributed by atoms with Gasteiger partial charge in [0.2, 0.25) is 0 Å². The Morgan fingerprint density at radius 3 is 2.59 bits per heavy atom. The first kappa shape index (κ1) is 18.1. The number of piperidine rings is 1. The van der Waals surface area contributed by atoms with E-state index in [1.165, 1.54) is 42.5 Å². The summed E-state index contributed by atoms with van der Waals surface area (Å²) in [6.07, 6.45) is 7.38. The highest BCUT2D eigenvalue weighted by Crippen LogP contribution is 2.24. The van der Waals surface area contributed by atoms with Crippen LogP contribution in [0.4, 0.5) is 5.69 Å². The van der Waals surface area contributed by atoms with Crippen molar-refractivity contribution < 1.29 is 4.79 Å². The minimum absolute atomic E-state index is 0.0253. The summed E-state index contributed by atoms with van der Waals surface area (Å²) in [7, 11) is 0. The summed E-state index contributed by atoms with van der Waals surface area (Å²) in [6.45, 7) is 5.20. The molecule has 1 saturated heterocycles. The first-order valence-electron chi connectivity index (χ1n) is 10.4. The number of carbonyl (C=O) groups excluding carboxylic acids is 1. The SMILES string of the molecule is CC1CCCN(c2ccc(CNC(=O)c3ccc4c(c3)CCCC4)cc2)C1. The third-order valence-electron chi connectivity index (χ3n) is 6.02. The van der Waals surface area contributed by atoms with Crippen molar-refractivity contribution in [3.05, 3.63) is 64.7 Å². The molecule has 1 heterocycles. The van der Waals surface area contributed by atoms with Crippen LogP contribution in [0.3, 0.4) is 0 Å². The van der Waals surface area contributed by atoms with Crippen molar-refractivity contribution in [3.63, 3.8) is 0 Å². The fourth-order valence-electron chi connectivity index (χ4n) is 4.41. The molecule has 2 aromatic rings. The van der Waals surface area contributed by atoms with Crippen molar-refractivity contribution in [1.29, 1.82) is 0 Å². The van der Waals surface area contributed by atoms with Gasteiger partial charge in [0, 0.05) is 30.9 Å². The zero-order chi connectivity index (χ0) is 18.6. The van der Waals surface area contributed by atoms with Crippen LogP contribution in [0.2, 0.25) is 0 Å². The first-order valence-corrected chi connectivity index (χ1v) is 10.4. The Bertz CT molecular complexity index is 797. The predicted octanol–water partition coefficient (Wildman–Crippen LogP) is 4.73. The van der Waals surface area contributed by atoms with Gasteiger partial charge in [0.25, 0.3) is 5.91 Å². The predicted molar refractivity (Wildman–Crippen MR) is 111 cm³/mol. The normalized spacial score (nSPS) is 19.4. The van der Waals surface area contributed by atoms with Crippen molar-refractivity contribution >= 4 is 11.6 Å². The molecule has 1 aliphatic heterocycles. The number of hydrogen-bond acceptors (Lipinski definition) is 2. The Kier molecular flexibility index (Phi) is 5.47. The van der Waals surface area contributed by atoms with Crippen molar-refractivity contribution in [1.82, 2.24) is 5.32 Å². The molecule has 0 radical (unpaired) electrons. The first-order chi connectivity index (χ1) is 13.2. The van der Waals surface area contributed by atoms with E-state index in [1.54, 1.807) is 0 Å². The van der Waals surface area contributed by atoms with Gasteiger partial charge < -0.3 is 10.2 Å². The fourth-order valence-corrected chi connectivity index (χ4v) is 4.41. The molecule has 2 aromatic carbocycles. The molecule has 27 heavy (non-hydrogen) atoms. The summed E-state index contributed by atoms with van der Waals surface area (Å²) in [6, 6.07) is 14.9. The molecule has 2 aliphatic rings.